The van der Waals surface area contributed by atoms with Crippen molar-refractivity contribution in [2.75, 3.05) is 0 Å². The zero-order valence-corrected chi connectivity index (χ0v) is 7.96. The zero-order valence-electron chi connectivity index (χ0n) is 7.96. The summed E-state index contributed by atoms with van der Waals surface area (Å²) < 4.78 is 0. The Bertz CT molecular complexity index is 289. The van der Waals surface area contributed by atoms with Gasteiger partial charge in [0.1, 0.15) is 6.20 Å². The maximum atomic E-state index is 11.4. The number of amides is 1. The average Bonchev–Trinajstić information content (AvgIpc) is 2.03. The predicted octanol–water partition coefficient (Wildman–Crippen LogP) is 0.805. The Labute approximate surface area is 77.4 Å². The van der Waals surface area contributed by atoms with E-state index in [1.807, 2.05) is 20.8 Å². The van der Waals surface area contributed by atoms with Crippen molar-refractivity contribution in [3.63, 3.8) is 0 Å². The van der Waals surface area contributed by atoms with Crippen molar-refractivity contribution in [1.82, 2.24) is 15.5 Å². The Hall–Kier alpha value is -1.45. The average molecular weight is 178 g/mol. The second-order valence-electron chi connectivity index (χ2n) is 3.75. The van der Waals surface area contributed by atoms with E-state index >= 15 is 0 Å². The molecule has 0 saturated carbocycles. The minimum absolute atomic E-state index is 0.214. The minimum Gasteiger partial charge on any atom is -0.346 e. The zero-order chi connectivity index (χ0) is 9.90. The maximum absolute atomic E-state index is 11.4. The summed E-state index contributed by atoms with van der Waals surface area (Å²) in [6.07, 6.45) is 2.51. The Kier molecular flexibility index (Phi) is 2.60. The van der Waals surface area contributed by atoms with E-state index in [2.05, 4.69) is 21.7 Å². The molecule has 1 amide bonds. The van der Waals surface area contributed by atoms with Gasteiger partial charge in [-0.25, -0.2) is 0 Å². The van der Waals surface area contributed by atoms with Gasteiger partial charge in [-0.15, -0.1) is 10.2 Å². The lowest BCUT2D eigenvalue weighted by Crippen LogP contribution is -2.40. The standard InChI is InChI=1S/C9H12N3O/c1-9(2,3)11-8(13)7-5-4-6-10-12-7/h4-5H,1-3H3,(H,11,13). The Morgan fingerprint density at radius 2 is 2.23 bits per heavy atom. The molecule has 1 aromatic rings. The van der Waals surface area contributed by atoms with Crippen LogP contribution in [0.3, 0.4) is 0 Å². The number of nitrogens with zero attached hydrogens (tertiary/aromatic N) is 2. The van der Waals surface area contributed by atoms with Crippen molar-refractivity contribution in [3.8, 4) is 0 Å². The van der Waals surface area contributed by atoms with Crippen LogP contribution < -0.4 is 5.32 Å². The number of carbonyl (C=O) groups excluding carboxylic acids is 1. The second kappa shape index (κ2) is 3.51. The van der Waals surface area contributed by atoms with Gasteiger partial charge < -0.3 is 5.32 Å². The first kappa shape index (κ1) is 9.64. The first-order valence-corrected chi connectivity index (χ1v) is 4.01. The van der Waals surface area contributed by atoms with Crippen molar-refractivity contribution in [2.45, 2.75) is 26.3 Å². The van der Waals surface area contributed by atoms with Crippen molar-refractivity contribution in [3.05, 3.63) is 24.0 Å². The van der Waals surface area contributed by atoms with Gasteiger partial charge in [-0.05, 0) is 32.9 Å². The highest BCUT2D eigenvalue weighted by Gasteiger charge is 2.15. The molecule has 1 heterocycles. The molecule has 1 radical (unpaired) electrons. The summed E-state index contributed by atoms with van der Waals surface area (Å²) in [6, 6.07) is 3.14. The summed E-state index contributed by atoms with van der Waals surface area (Å²) in [4.78, 5) is 11.4. The highest BCUT2D eigenvalue weighted by atomic mass is 16.2. The molecule has 13 heavy (non-hydrogen) atoms. The molecule has 0 saturated heterocycles. The molecule has 4 heteroatoms. The molecular weight excluding hydrogens is 166 g/mol. The third-order valence-corrected chi connectivity index (χ3v) is 1.25. The van der Waals surface area contributed by atoms with Crippen LogP contribution in [0.15, 0.2) is 12.1 Å². The summed E-state index contributed by atoms with van der Waals surface area (Å²) in [5.74, 6) is -0.214. The number of aromatic nitrogens is 2. The second-order valence-corrected chi connectivity index (χ2v) is 3.75. The SMILES string of the molecule is CC(C)(C)NC(=O)c1cc[c]nn1. The van der Waals surface area contributed by atoms with Crippen LogP contribution in [0.1, 0.15) is 31.3 Å². The van der Waals surface area contributed by atoms with Crippen molar-refractivity contribution < 1.29 is 4.79 Å². The molecule has 1 N–H and O–H groups in total. The number of carbonyl (C=O) groups is 1. The van der Waals surface area contributed by atoms with Crippen molar-refractivity contribution >= 4 is 5.91 Å². The predicted molar refractivity (Wildman–Crippen MR) is 48.1 cm³/mol. The van der Waals surface area contributed by atoms with Gasteiger partial charge in [-0.1, -0.05) is 0 Å². The van der Waals surface area contributed by atoms with Gasteiger partial charge in [0.2, 0.25) is 0 Å². The lowest BCUT2D eigenvalue weighted by Gasteiger charge is -2.19. The van der Waals surface area contributed by atoms with Gasteiger partial charge in [0.25, 0.3) is 5.91 Å². The molecule has 0 atom stereocenters. The molecular formula is C9H12N3O. The van der Waals surface area contributed by atoms with Crippen LogP contribution in [0.5, 0.6) is 0 Å². The van der Waals surface area contributed by atoms with Crippen LogP contribution in [-0.4, -0.2) is 21.6 Å². The number of hydrogen-bond acceptors (Lipinski definition) is 3. The summed E-state index contributed by atoms with van der Waals surface area (Å²) in [7, 11) is 0. The van der Waals surface area contributed by atoms with Crippen LogP contribution in [0, 0.1) is 6.20 Å². The van der Waals surface area contributed by atoms with Gasteiger partial charge >= 0.3 is 0 Å². The molecule has 0 unspecified atom stereocenters. The molecule has 69 valence electrons. The van der Waals surface area contributed by atoms with Gasteiger partial charge in [-0.2, -0.15) is 0 Å². The molecule has 1 aromatic heterocycles. The smallest absolute Gasteiger partial charge is 0.272 e. The van der Waals surface area contributed by atoms with E-state index in [0.717, 1.165) is 0 Å². The lowest BCUT2D eigenvalue weighted by molar-refractivity contribution is 0.0913. The molecule has 0 fully saturated rings. The summed E-state index contributed by atoms with van der Waals surface area (Å²) in [5, 5.41) is 9.93. The van der Waals surface area contributed by atoms with Crippen molar-refractivity contribution in [2.24, 2.45) is 0 Å². The maximum Gasteiger partial charge on any atom is 0.272 e. The third kappa shape index (κ3) is 3.19. The van der Waals surface area contributed by atoms with Gasteiger partial charge in [0.05, 0.1) is 0 Å². The molecule has 0 aliphatic rings. The van der Waals surface area contributed by atoms with E-state index in [1.165, 1.54) is 0 Å². The molecule has 4 nitrogen and oxygen atoms in total. The minimum atomic E-state index is -0.252. The van der Waals surface area contributed by atoms with E-state index in [9.17, 15) is 4.79 Å². The number of hydrogen-bond donors (Lipinski definition) is 1. The Balaban J connectivity index is 2.71. The fourth-order valence-electron chi connectivity index (χ4n) is 0.791. The normalized spacial score (nSPS) is 11.0. The summed E-state index contributed by atoms with van der Waals surface area (Å²) >= 11 is 0. The van der Waals surface area contributed by atoms with E-state index < -0.39 is 0 Å². The van der Waals surface area contributed by atoms with Crippen LogP contribution in [0.2, 0.25) is 0 Å². The van der Waals surface area contributed by atoms with E-state index in [-0.39, 0.29) is 11.4 Å². The van der Waals surface area contributed by atoms with Crippen LogP contribution in [0.4, 0.5) is 0 Å². The molecule has 0 aliphatic heterocycles. The highest BCUT2D eigenvalue weighted by Crippen LogP contribution is 2.00. The largest absolute Gasteiger partial charge is 0.346 e. The first-order chi connectivity index (χ1) is 5.99. The Morgan fingerprint density at radius 1 is 1.54 bits per heavy atom. The Morgan fingerprint density at radius 3 is 2.69 bits per heavy atom. The molecule has 0 bridgehead atoms. The quantitative estimate of drug-likeness (QED) is 0.692. The van der Waals surface area contributed by atoms with E-state index in [1.54, 1.807) is 12.1 Å². The summed E-state index contributed by atoms with van der Waals surface area (Å²) in [5.41, 5.74) is 0.0619. The van der Waals surface area contributed by atoms with E-state index in [4.69, 9.17) is 0 Å². The molecule has 0 aromatic carbocycles. The first-order valence-electron chi connectivity index (χ1n) is 4.01. The topological polar surface area (TPSA) is 54.9 Å². The van der Waals surface area contributed by atoms with Gasteiger partial charge in [-0.3, -0.25) is 4.79 Å². The molecule has 0 spiro atoms. The van der Waals surface area contributed by atoms with Crippen LogP contribution >= 0.6 is 0 Å². The number of nitrogens with one attached hydrogen (secondary N) is 1. The van der Waals surface area contributed by atoms with Gasteiger partial charge in [0.15, 0.2) is 5.69 Å². The number of rotatable bonds is 1. The van der Waals surface area contributed by atoms with E-state index in [0.29, 0.717) is 5.69 Å². The van der Waals surface area contributed by atoms with Crippen molar-refractivity contribution in [1.29, 1.82) is 0 Å². The molecule has 1 rings (SSSR count). The van der Waals surface area contributed by atoms with Crippen LogP contribution in [-0.2, 0) is 0 Å². The highest BCUT2D eigenvalue weighted by molar-refractivity contribution is 5.92. The fourth-order valence-corrected chi connectivity index (χ4v) is 0.791. The summed E-state index contributed by atoms with van der Waals surface area (Å²) in [6.45, 7) is 5.73. The monoisotopic (exact) mass is 178 g/mol. The molecule has 0 aliphatic carbocycles. The van der Waals surface area contributed by atoms with Crippen LogP contribution in [0.25, 0.3) is 0 Å². The fraction of sp³-hybridized carbons (Fsp3) is 0.444. The van der Waals surface area contributed by atoms with Gasteiger partial charge in [0, 0.05) is 5.54 Å². The lowest BCUT2D eigenvalue weighted by atomic mass is 10.1. The third-order valence-electron chi connectivity index (χ3n) is 1.25.